The van der Waals surface area contributed by atoms with Gasteiger partial charge < -0.3 is 15.4 Å². The maximum Gasteiger partial charge on any atom is 0.433 e. The maximum atomic E-state index is 14.3. The lowest BCUT2D eigenvalue weighted by Gasteiger charge is -2.24. The summed E-state index contributed by atoms with van der Waals surface area (Å²) in [5.41, 5.74) is -0.922. The number of rotatable bonds is 3. The molecule has 2 aromatic rings. The van der Waals surface area contributed by atoms with Crippen molar-refractivity contribution in [3.63, 3.8) is 0 Å². The van der Waals surface area contributed by atoms with Crippen LogP contribution in [0.2, 0.25) is 0 Å². The lowest BCUT2D eigenvalue weighted by atomic mass is 10.1. The zero-order chi connectivity index (χ0) is 18.7. The Hall–Kier alpha value is -2.23. The highest BCUT2D eigenvalue weighted by Crippen LogP contribution is 2.28. The second-order valence-electron chi connectivity index (χ2n) is 5.68. The molecule has 0 radical (unpaired) electrons. The molecule has 1 aromatic carbocycles. The van der Waals surface area contributed by atoms with Crippen LogP contribution >= 0.6 is 12.4 Å². The monoisotopic (exact) mass is 405 g/mol. The number of carbonyl (C=O) groups is 1. The van der Waals surface area contributed by atoms with Crippen LogP contribution in [0.5, 0.6) is 0 Å². The summed E-state index contributed by atoms with van der Waals surface area (Å²) in [7, 11) is 0. The number of anilines is 1. The summed E-state index contributed by atoms with van der Waals surface area (Å²) in [5.74, 6) is -1.36. The van der Waals surface area contributed by atoms with E-state index in [0.717, 1.165) is 18.3 Å². The smallest absolute Gasteiger partial charge is 0.371 e. The van der Waals surface area contributed by atoms with Crippen molar-refractivity contribution in [3.05, 3.63) is 59.2 Å². The zero-order valence-electron chi connectivity index (χ0n) is 13.8. The molecule has 27 heavy (non-hydrogen) atoms. The van der Waals surface area contributed by atoms with Crippen LogP contribution in [0, 0.1) is 5.82 Å². The molecule has 0 spiro atoms. The van der Waals surface area contributed by atoms with Crippen molar-refractivity contribution >= 4 is 24.0 Å². The molecule has 1 fully saturated rings. The molecule has 2 N–H and O–H groups in total. The number of ether oxygens (including phenoxy) is 1. The summed E-state index contributed by atoms with van der Waals surface area (Å²) in [4.78, 5) is 15.3. The number of carbonyl (C=O) groups excluding carboxylic acids is 1. The number of nitrogens with one attached hydrogen (secondary N) is 2. The Morgan fingerprint density at radius 2 is 2.04 bits per heavy atom. The first-order chi connectivity index (χ1) is 12.3. The zero-order valence-corrected chi connectivity index (χ0v) is 14.7. The van der Waals surface area contributed by atoms with Gasteiger partial charge in [-0.15, -0.1) is 12.4 Å². The molecule has 1 amide bonds. The fraction of sp³-hybridized carbons (Fsp3) is 0.294. The van der Waals surface area contributed by atoms with Crippen LogP contribution in [0.4, 0.5) is 23.2 Å². The van der Waals surface area contributed by atoms with Gasteiger partial charge in [0, 0.05) is 36.1 Å². The molecule has 1 aromatic heterocycles. The molecule has 146 valence electrons. The van der Waals surface area contributed by atoms with Crippen molar-refractivity contribution in [1.82, 2.24) is 10.3 Å². The summed E-state index contributed by atoms with van der Waals surface area (Å²) in [6.07, 6.45) is -4.18. The minimum Gasteiger partial charge on any atom is -0.371 e. The normalized spacial score (nSPS) is 17.1. The van der Waals surface area contributed by atoms with Crippen molar-refractivity contribution in [2.45, 2.75) is 12.3 Å². The number of alkyl halides is 3. The van der Waals surface area contributed by atoms with Crippen LogP contribution in [0.3, 0.4) is 0 Å². The molecule has 1 aliphatic rings. The summed E-state index contributed by atoms with van der Waals surface area (Å²) < 4.78 is 57.8. The third-order valence-electron chi connectivity index (χ3n) is 3.85. The minimum atomic E-state index is -4.65. The van der Waals surface area contributed by atoms with Crippen molar-refractivity contribution < 1.29 is 27.1 Å². The lowest BCUT2D eigenvalue weighted by molar-refractivity contribution is -0.141. The van der Waals surface area contributed by atoms with E-state index in [-0.39, 0.29) is 23.7 Å². The van der Waals surface area contributed by atoms with Crippen LogP contribution in [-0.4, -0.2) is 30.6 Å². The van der Waals surface area contributed by atoms with Crippen molar-refractivity contribution in [2.75, 3.05) is 25.0 Å². The molecule has 0 saturated carbocycles. The van der Waals surface area contributed by atoms with Crippen molar-refractivity contribution in [1.29, 1.82) is 0 Å². The Morgan fingerprint density at radius 1 is 1.26 bits per heavy atom. The van der Waals surface area contributed by atoms with Gasteiger partial charge in [-0.1, -0.05) is 6.07 Å². The van der Waals surface area contributed by atoms with Crippen LogP contribution in [-0.2, 0) is 10.9 Å². The molecule has 1 saturated heterocycles. The fourth-order valence-corrected chi connectivity index (χ4v) is 2.56. The third-order valence-corrected chi connectivity index (χ3v) is 3.85. The molecule has 0 bridgehead atoms. The molecular formula is C17H16ClF4N3O2. The Bertz CT molecular complexity index is 811. The number of hydrogen-bond donors (Lipinski definition) is 2. The number of benzene rings is 1. The topological polar surface area (TPSA) is 63.2 Å². The van der Waals surface area contributed by atoms with Gasteiger partial charge in [0.25, 0.3) is 5.91 Å². The highest BCUT2D eigenvalue weighted by Gasteiger charge is 2.33. The predicted molar refractivity (Wildman–Crippen MR) is 92.4 cm³/mol. The van der Waals surface area contributed by atoms with E-state index < -0.39 is 29.7 Å². The van der Waals surface area contributed by atoms with Gasteiger partial charge in [-0.3, -0.25) is 9.78 Å². The Balaban J connectivity index is 0.00000261. The number of amides is 1. The second kappa shape index (κ2) is 8.64. The van der Waals surface area contributed by atoms with Crippen LogP contribution in [0.1, 0.15) is 27.7 Å². The molecular weight excluding hydrogens is 390 g/mol. The summed E-state index contributed by atoms with van der Waals surface area (Å²) in [6, 6.07) is 5.85. The molecule has 10 heteroatoms. The summed E-state index contributed by atoms with van der Waals surface area (Å²) in [5, 5.41) is 5.46. The molecule has 3 rings (SSSR count). The quantitative estimate of drug-likeness (QED) is 0.766. The Labute approximate surface area is 158 Å². The number of aromatic nitrogens is 1. The molecule has 2 heterocycles. The first-order valence-corrected chi connectivity index (χ1v) is 7.81. The maximum absolute atomic E-state index is 14.3. The van der Waals surface area contributed by atoms with E-state index in [9.17, 15) is 22.4 Å². The van der Waals surface area contributed by atoms with Gasteiger partial charge in [0.2, 0.25) is 0 Å². The highest BCUT2D eigenvalue weighted by molar-refractivity contribution is 6.04. The molecule has 1 aliphatic heterocycles. The van der Waals surface area contributed by atoms with E-state index in [1.807, 2.05) is 0 Å². The second-order valence-corrected chi connectivity index (χ2v) is 5.68. The molecule has 1 atom stereocenters. The largest absolute Gasteiger partial charge is 0.433 e. The molecule has 0 aliphatic carbocycles. The van der Waals surface area contributed by atoms with Crippen LogP contribution in [0.25, 0.3) is 0 Å². The Morgan fingerprint density at radius 3 is 2.67 bits per heavy atom. The average molecular weight is 406 g/mol. The van der Waals surface area contributed by atoms with Crippen LogP contribution < -0.4 is 10.6 Å². The Kier molecular flexibility index (Phi) is 6.74. The first kappa shape index (κ1) is 21.1. The van der Waals surface area contributed by atoms with Crippen molar-refractivity contribution in [2.24, 2.45) is 0 Å². The van der Waals surface area contributed by atoms with Crippen LogP contribution in [0.15, 0.2) is 36.5 Å². The molecule has 5 nitrogen and oxygen atoms in total. The van der Waals surface area contributed by atoms with Crippen molar-refractivity contribution in [3.8, 4) is 0 Å². The van der Waals surface area contributed by atoms with Gasteiger partial charge in [0.05, 0.1) is 12.7 Å². The average Bonchev–Trinajstić information content (AvgIpc) is 2.62. The van der Waals surface area contributed by atoms with E-state index in [1.54, 1.807) is 0 Å². The van der Waals surface area contributed by atoms with Gasteiger partial charge in [-0.2, -0.15) is 13.2 Å². The minimum absolute atomic E-state index is 0. The van der Waals surface area contributed by atoms with E-state index in [4.69, 9.17) is 4.74 Å². The predicted octanol–water partition coefficient (Wildman–Crippen LogP) is 3.57. The SMILES string of the molecule is Cl.O=C(Nc1ccc([C@H]2CNCCO2)c(F)c1)c1ccnc(C(F)(F)F)c1. The number of halogens is 5. The molecule has 0 unspecified atom stereocenters. The first-order valence-electron chi connectivity index (χ1n) is 7.81. The lowest BCUT2D eigenvalue weighted by Crippen LogP contribution is -2.33. The van der Waals surface area contributed by atoms with E-state index in [1.165, 1.54) is 12.1 Å². The third kappa shape index (κ3) is 5.15. The highest BCUT2D eigenvalue weighted by atomic mass is 35.5. The number of nitrogens with zero attached hydrogens (tertiary/aromatic N) is 1. The summed E-state index contributed by atoms with van der Waals surface area (Å²) in [6.45, 7) is 1.63. The standard InChI is InChI=1S/C17H15F4N3O2.ClH/c18-13-8-11(1-2-12(13)14-9-22-5-6-26-14)24-16(25)10-3-4-23-15(7-10)17(19,20)21;/h1-4,7-8,14,22H,5-6,9H2,(H,24,25);1H/t14-;/m1./s1. The number of hydrogen-bond acceptors (Lipinski definition) is 4. The number of pyridine rings is 1. The fourth-order valence-electron chi connectivity index (χ4n) is 2.56. The van der Waals surface area contributed by atoms with Gasteiger partial charge in [0.1, 0.15) is 11.5 Å². The van der Waals surface area contributed by atoms with E-state index >= 15 is 0 Å². The van der Waals surface area contributed by atoms with E-state index in [2.05, 4.69) is 15.6 Å². The van der Waals surface area contributed by atoms with Gasteiger partial charge >= 0.3 is 6.18 Å². The van der Waals surface area contributed by atoms with E-state index in [0.29, 0.717) is 31.3 Å². The van der Waals surface area contributed by atoms with Gasteiger partial charge in [-0.05, 0) is 24.3 Å². The summed E-state index contributed by atoms with van der Waals surface area (Å²) >= 11 is 0. The number of morpholine rings is 1. The van der Waals surface area contributed by atoms with Gasteiger partial charge in [0.15, 0.2) is 0 Å². The van der Waals surface area contributed by atoms with Gasteiger partial charge in [-0.25, -0.2) is 4.39 Å².